The average molecular weight is 265 g/mol. The second-order valence-electron chi connectivity index (χ2n) is 4.48. The first-order chi connectivity index (χ1) is 9.28. The highest BCUT2D eigenvalue weighted by Gasteiger charge is 2.16. The van der Waals surface area contributed by atoms with Crippen molar-refractivity contribution >= 4 is 0 Å². The molecule has 0 atom stereocenters. The number of hydrogen-bond donors (Lipinski definition) is 0. The van der Waals surface area contributed by atoms with Gasteiger partial charge in [-0.2, -0.15) is 0 Å². The van der Waals surface area contributed by atoms with E-state index in [1.54, 1.807) is 21.3 Å². The third-order valence-corrected chi connectivity index (χ3v) is 3.28. The van der Waals surface area contributed by atoms with Crippen LogP contribution in [0, 0.1) is 0 Å². The van der Waals surface area contributed by atoms with Gasteiger partial charge in [0.2, 0.25) is 5.75 Å². The van der Waals surface area contributed by atoms with E-state index in [1.807, 2.05) is 12.1 Å². The van der Waals surface area contributed by atoms with Crippen LogP contribution < -0.4 is 19.5 Å². The Hall–Kier alpha value is -1.46. The predicted molar refractivity (Wildman–Crippen MR) is 73.2 cm³/mol. The third-order valence-electron chi connectivity index (χ3n) is 3.28. The van der Waals surface area contributed by atoms with Gasteiger partial charge in [-0.25, -0.2) is 5.32 Å². The molecule has 1 aliphatic rings. The lowest BCUT2D eigenvalue weighted by Crippen LogP contribution is -2.39. The van der Waals surface area contributed by atoms with Crippen LogP contribution in [0.2, 0.25) is 0 Å². The highest BCUT2D eigenvalue weighted by atomic mass is 16.5. The maximum atomic E-state index is 5.37. The van der Waals surface area contributed by atoms with E-state index in [2.05, 4.69) is 10.2 Å². The molecule has 0 aliphatic carbocycles. The van der Waals surface area contributed by atoms with Gasteiger partial charge < -0.3 is 14.2 Å². The summed E-state index contributed by atoms with van der Waals surface area (Å²) in [5.41, 5.74) is 1.16. The SMILES string of the molecule is COc1cc(CN2CC[N]CC2)cc(OC)c1OC. The fraction of sp³-hybridized carbons (Fsp3) is 0.571. The summed E-state index contributed by atoms with van der Waals surface area (Å²) in [4.78, 5) is 2.38. The van der Waals surface area contributed by atoms with Crippen LogP contribution in [0.15, 0.2) is 12.1 Å². The Bertz CT molecular complexity index is 392. The van der Waals surface area contributed by atoms with E-state index in [9.17, 15) is 0 Å². The molecule has 5 nitrogen and oxygen atoms in total. The first kappa shape index (κ1) is 14.0. The van der Waals surface area contributed by atoms with Gasteiger partial charge in [0.1, 0.15) is 0 Å². The molecule has 0 saturated carbocycles. The molecule has 1 aliphatic heterocycles. The van der Waals surface area contributed by atoms with Crippen LogP contribution in [0.4, 0.5) is 0 Å². The maximum absolute atomic E-state index is 5.37. The van der Waals surface area contributed by atoms with Crippen molar-refractivity contribution in [2.24, 2.45) is 0 Å². The van der Waals surface area contributed by atoms with E-state index in [4.69, 9.17) is 14.2 Å². The number of rotatable bonds is 5. The second-order valence-corrected chi connectivity index (χ2v) is 4.48. The molecule has 1 radical (unpaired) electrons. The van der Waals surface area contributed by atoms with Crippen LogP contribution in [0.5, 0.6) is 17.2 Å². The van der Waals surface area contributed by atoms with Crippen molar-refractivity contribution in [1.29, 1.82) is 0 Å². The highest BCUT2D eigenvalue weighted by Crippen LogP contribution is 2.38. The topological polar surface area (TPSA) is 45.0 Å². The summed E-state index contributed by atoms with van der Waals surface area (Å²) < 4.78 is 16.1. The van der Waals surface area contributed by atoms with Gasteiger partial charge in [0.05, 0.1) is 21.3 Å². The number of nitrogens with zero attached hydrogens (tertiary/aromatic N) is 2. The zero-order valence-electron chi connectivity index (χ0n) is 11.8. The Labute approximate surface area is 114 Å². The van der Waals surface area contributed by atoms with Crippen molar-refractivity contribution in [2.75, 3.05) is 47.5 Å². The van der Waals surface area contributed by atoms with Crippen molar-refractivity contribution in [2.45, 2.75) is 6.54 Å². The largest absolute Gasteiger partial charge is 0.493 e. The Morgan fingerprint density at radius 3 is 2.05 bits per heavy atom. The molecule has 0 unspecified atom stereocenters. The quantitative estimate of drug-likeness (QED) is 0.800. The van der Waals surface area contributed by atoms with Crippen LogP contribution in [0.3, 0.4) is 0 Å². The molecule has 0 bridgehead atoms. The molecule has 0 aromatic heterocycles. The summed E-state index contributed by atoms with van der Waals surface area (Å²) in [6.45, 7) is 4.74. The summed E-state index contributed by atoms with van der Waals surface area (Å²) in [5, 5.41) is 4.35. The molecule has 0 spiro atoms. The molecule has 1 fully saturated rings. The molecule has 1 aromatic carbocycles. The lowest BCUT2D eigenvalue weighted by Gasteiger charge is -2.26. The Morgan fingerprint density at radius 1 is 1.00 bits per heavy atom. The number of methoxy groups -OCH3 is 3. The van der Waals surface area contributed by atoms with E-state index < -0.39 is 0 Å². The lowest BCUT2D eigenvalue weighted by molar-refractivity contribution is 0.230. The van der Waals surface area contributed by atoms with Crippen LogP contribution in [-0.2, 0) is 6.54 Å². The van der Waals surface area contributed by atoms with Gasteiger partial charge in [0.15, 0.2) is 11.5 Å². The highest BCUT2D eigenvalue weighted by molar-refractivity contribution is 5.53. The standard InChI is InChI=1S/C14H21N2O3/c1-17-12-8-11(9-13(18-2)14(12)19-3)10-16-6-4-15-5-7-16/h8-9H,4-7,10H2,1-3H3. The molecule has 0 N–H and O–H groups in total. The van der Waals surface area contributed by atoms with Gasteiger partial charge in [-0.3, -0.25) is 4.90 Å². The number of piperazine rings is 1. The zero-order valence-corrected chi connectivity index (χ0v) is 11.8. The van der Waals surface area contributed by atoms with E-state index in [0.717, 1.165) is 38.3 Å². The minimum atomic E-state index is 0.641. The van der Waals surface area contributed by atoms with Crippen LogP contribution in [-0.4, -0.2) is 52.4 Å². The predicted octanol–water partition coefficient (Wildman–Crippen LogP) is 1.13. The molecule has 2 rings (SSSR count). The van der Waals surface area contributed by atoms with Gasteiger partial charge in [-0.05, 0) is 17.7 Å². The van der Waals surface area contributed by atoms with Crippen molar-refractivity contribution in [3.63, 3.8) is 0 Å². The molecule has 105 valence electrons. The Balaban J connectivity index is 2.20. The van der Waals surface area contributed by atoms with Crippen LogP contribution in [0.25, 0.3) is 0 Å². The average Bonchev–Trinajstić information content (AvgIpc) is 2.47. The van der Waals surface area contributed by atoms with Crippen molar-refractivity contribution < 1.29 is 14.2 Å². The van der Waals surface area contributed by atoms with Crippen LogP contribution in [0.1, 0.15) is 5.56 Å². The Morgan fingerprint density at radius 2 is 1.58 bits per heavy atom. The molecule has 5 heteroatoms. The summed E-state index contributed by atoms with van der Waals surface area (Å²) in [5.74, 6) is 2.06. The van der Waals surface area contributed by atoms with Crippen molar-refractivity contribution in [3.8, 4) is 17.2 Å². The fourth-order valence-corrected chi connectivity index (χ4v) is 2.29. The molecule has 1 saturated heterocycles. The van der Waals surface area contributed by atoms with E-state index >= 15 is 0 Å². The molecule has 1 aromatic rings. The van der Waals surface area contributed by atoms with Crippen LogP contribution >= 0.6 is 0 Å². The van der Waals surface area contributed by atoms with Gasteiger partial charge in [0.25, 0.3) is 0 Å². The van der Waals surface area contributed by atoms with Gasteiger partial charge >= 0.3 is 0 Å². The van der Waals surface area contributed by atoms with Gasteiger partial charge in [-0.1, -0.05) is 0 Å². The minimum Gasteiger partial charge on any atom is -0.493 e. The summed E-state index contributed by atoms with van der Waals surface area (Å²) in [6.07, 6.45) is 0. The number of hydrogen-bond acceptors (Lipinski definition) is 4. The molecular weight excluding hydrogens is 244 g/mol. The fourth-order valence-electron chi connectivity index (χ4n) is 2.29. The summed E-state index contributed by atoms with van der Waals surface area (Å²) in [6, 6.07) is 4.01. The lowest BCUT2D eigenvalue weighted by atomic mass is 10.1. The molecular formula is C14H21N2O3. The first-order valence-corrected chi connectivity index (χ1v) is 6.43. The zero-order chi connectivity index (χ0) is 13.7. The second kappa shape index (κ2) is 6.63. The van der Waals surface area contributed by atoms with Crippen molar-refractivity contribution in [1.82, 2.24) is 10.2 Å². The molecule has 1 heterocycles. The summed E-state index contributed by atoms with van der Waals surface area (Å²) >= 11 is 0. The molecule has 19 heavy (non-hydrogen) atoms. The number of ether oxygens (including phenoxy) is 3. The van der Waals surface area contributed by atoms with Gasteiger partial charge in [-0.15, -0.1) is 0 Å². The van der Waals surface area contributed by atoms with E-state index in [1.165, 1.54) is 0 Å². The normalized spacial score (nSPS) is 16.2. The smallest absolute Gasteiger partial charge is 0.203 e. The van der Waals surface area contributed by atoms with E-state index in [-0.39, 0.29) is 0 Å². The summed E-state index contributed by atoms with van der Waals surface area (Å²) in [7, 11) is 4.90. The third kappa shape index (κ3) is 3.30. The van der Waals surface area contributed by atoms with E-state index in [0.29, 0.717) is 17.2 Å². The van der Waals surface area contributed by atoms with Crippen molar-refractivity contribution in [3.05, 3.63) is 17.7 Å². The minimum absolute atomic E-state index is 0.641. The maximum Gasteiger partial charge on any atom is 0.203 e. The monoisotopic (exact) mass is 265 g/mol. The van der Waals surface area contributed by atoms with Gasteiger partial charge in [0, 0.05) is 32.7 Å². The molecule has 0 amide bonds. The number of benzene rings is 1. The first-order valence-electron chi connectivity index (χ1n) is 6.43. The Kier molecular flexibility index (Phi) is 4.87.